The lowest BCUT2D eigenvalue weighted by Crippen LogP contribution is -2.13. The molecular weight excluding hydrogens is 421 g/mol. The van der Waals surface area contributed by atoms with Gasteiger partial charge in [-0.05, 0) is 50.0 Å². The summed E-state index contributed by atoms with van der Waals surface area (Å²) in [5.74, 6) is -0.342. The van der Waals surface area contributed by atoms with Crippen LogP contribution in [0.1, 0.15) is 39.7 Å². The SMILES string of the molecule is CCOC(=O)c1c(NC(=O)/C=C/c2cc(Cl)cc(Cl)c2OC)sc2c1CCC2. The average molecular weight is 440 g/mol. The number of aryl methyl sites for hydroxylation is 1. The van der Waals surface area contributed by atoms with Gasteiger partial charge in [-0.2, -0.15) is 0 Å². The van der Waals surface area contributed by atoms with Gasteiger partial charge in [0, 0.05) is 21.5 Å². The molecule has 0 spiro atoms. The third kappa shape index (κ3) is 4.35. The quantitative estimate of drug-likeness (QED) is 0.484. The highest BCUT2D eigenvalue weighted by Crippen LogP contribution is 2.39. The first-order valence-corrected chi connectivity index (χ1v) is 10.4. The predicted molar refractivity (Wildman–Crippen MR) is 113 cm³/mol. The van der Waals surface area contributed by atoms with E-state index in [9.17, 15) is 9.59 Å². The molecule has 0 radical (unpaired) electrons. The zero-order chi connectivity index (χ0) is 20.3. The van der Waals surface area contributed by atoms with Crippen LogP contribution in [0.5, 0.6) is 5.75 Å². The molecule has 3 rings (SSSR count). The number of benzene rings is 1. The highest BCUT2D eigenvalue weighted by Gasteiger charge is 2.28. The third-order valence-corrected chi connectivity index (χ3v) is 6.00. The van der Waals surface area contributed by atoms with Crippen LogP contribution in [0.2, 0.25) is 10.0 Å². The molecule has 1 amide bonds. The summed E-state index contributed by atoms with van der Waals surface area (Å²) in [5.41, 5.74) is 2.05. The summed E-state index contributed by atoms with van der Waals surface area (Å²) in [6, 6.07) is 3.22. The largest absolute Gasteiger partial charge is 0.495 e. The number of ether oxygens (including phenoxy) is 2. The number of esters is 1. The van der Waals surface area contributed by atoms with Crippen molar-refractivity contribution in [3.8, 4) is 5.75 Å². The van der Waals surface area contributed by atoms with Crippen LogP contribution in [0.4, 0.5) is 5.00 Å². The molecule has 0 unspecified atom stereocenters. The second-order valence-electron chi connectivity index (χ2n) is 6.11. The van der Waals surface area contributed by atoms with E-state index in [0.29, 0.717) is 31.9 Å². The third-order valence-electron chi connectivity index (χ3n) is 4.29. The van der Waals surface area contributed by atoms with Gasteiger partial charge in [0.15, 0.2) is 0 Å². The first-order chi connectivity index (χ1) is 13.4. The topological polar surface area (TPSA) is 64.6 Å². The maximum Gasteiger partial charge on any atom is 0.341 e. The van der Waals surface area contributed by atoms with Gasteiger partial charge in [-0.3, -0.25) is 4.79 Å². The van der Waals surface area contributed by atoms with Crippen molar-refractivity contribution in [2.45, 2.75) is 26.2 Å². The Morgan fingerprint density at radius 2 is 2.07 bits per heavy atom. The molecule has 1 aliphatic carbocycles. The molecule has 148 valence electrons. The van der Waals surface area contributed by atoms with E-state index >= 15 is 0 Å². The van der Waals surface area contributed by atoms with Crippen molar-refractivity contribution in [3.05, 3.63) is 49.8 Å². The summed E-state index contributed by atoms with van der Waals surface area (Å²) < 4.78 is 10.4. The van der Waals surface area contributed by atoms with E-state index < -0.39 is 5.97 Å². The lowest BCUT2D eigenvalue weighted by atomic mass is 10.1. The van der Waals surface area contributed by atoms with E-state index in [-0.39, 0.29) is 12.5 Å². The fourth-order valence-corrected chi connectivity index (χ4v) is 5.02. The van der Waals surface area contributed by atoms with E-state index in [1.165, 1.54) is 24.5 Å². The number of thiophene rings is 1. The smallest absolute Gasteiger partial charge is 0.341 e. The number of amides is 1. The second kappa shape index (κ2) is 8.99. The number of carbonyl (C=O) groups is 2. The lowest BCUT2D eigenvalue weighted by molar-refractivity contribution is -0.111. The monoisotopic (exact) mass is 439 g/mol. The van der Waals surface area contributed by atoms with Gasteiger partial charge in [0.2, 0.25) is 5.91 Å². The first-order valence-electron chi connectivity index (χ1n) is 8.78. The second-order valence-corrected chi connectivity index (χ2v) is 8.06. The summed E-state index contributed by atoms with van der Waals surface area (Å²) in [5, 5.41) is 4.11. The molecule has 0 aliphatic heterocycles. The van der Waals surface area contributed by atoms with E-state index in [4.69, 9.17) is 32.7 Å². The van der Waals surface area contributed by atoms with Crippen molar-refractivity contribution >= 4 is 57.5 Å². The Bertz CT molecular complexity index is 952. The Morgan fingerprint density at radius 1 is 1.29 bits per heavy atom. The van der Waals surface area contributed by atoms with Crippen molar-refractivity contribution < 1.29 is 19.1 Å². The number of methoxy groups -OCH3 is 1. The number of hydrogen-bond donors (Lipinski definition) is 1. The Labute approximate surface area is 177 Å². The Kier molecular flexibility index (Phi) is 6.65. The van der Waals surface area contributed by atoms with Crippen molar-refractivity contribution in [1.29, 1.82) is 0 Å². The van der Waals surface area contributed by atoms with Crippen LogP contribution in [-0.4, -0.2) is 25.6 Å². The maximum atomic E-state index is 12.5. The number of anilines is 1. The molecule has 0 bridgehead atoms. The van der Waals surface area contributed by atoms with Crippen molar-refractivity contribution in [3.63, 3.8) is 0 Å². The number of carbonyl (C=O) groups excluding carboxylic acids is 2. The van der Waals surface area contributed by atoms with Crippen molar-refractivity contribution in [2.24, 2.45) is 0 Å². The zero-order valence-corrected chi connectivity index (χ0v) is 17.8. The molecule has 2 aromatic rings. The van der Waals surface area contributed by atoms with E-state index in [0.717, 1.165) is 29.7 Å². The van der Waals surface area contributed by atoms with E-state index in [2.05, 4.69) is 5.32 Å². The molecule has 1 aromatic heterocycles. The summed E-state index contributed by atoms with van der Waals surface area (Å²) >= 11 is 13.6. The minimum Gasteiger partial charge on any atom is -0.495 e. The maximum absolute atomic E-state index is 12.5. The molecule has 0 saturated carbocycles. The summed E-state index contributed by atoms with van der Waals surface area (Å²) in [7, 11) is 1.49. The molecule has 5 nitrogen and oxygen atoms in total. The highest BCUT2D eigenvalue weighted by atomic mass is 35.5. The van der Waals surface area contributed by atoms with Gasteiger partial charge < -0.3 is 14.8 Å². The lowest BCUT2D eigenvalue weighted by Gasteiger charge is -2.08. The molecule has 8 heteroatoms. The number of nitrogens with one attached hydrogen (secondary N) is 1. The number of halogens is 2. The number of hydrogen-bond acceptors (Lipinski definition) is 5. The minimum absolute atomic E-state index is 0.284. The highest BCUT2D eigenvalue weighted by molar-refractivity contribution is 7.17. The number of fused-ring (bicyclic) bond motifs is 1. The molecule has 0 fully saturated rings. The van der Waals surface area contributed by atoms with Crippen molar-refractivity contribution in [2.75, 3.05) is 19.0 Å². The fourth-order valence-electron chi connectivity index (χ4n) is 3.15. The van der Waals surface area contributed by atoms with E-state index in [1.54, 1.807) is 25.1 Å². The van der Waals surface area contributed by atoms with Gasteiger partial charge in [0.05, 0.1) is 24.3 Å². The molecule has 1 heterocycles. The average Bonchev–Trinajstić information content (AvgIpc) is 3.20. The van der Waals surface area contributed by atoms with Crippen LogP contribution in [0.15, 0.2) is 18.2 Å². The van der Waals surface area contributed by atoms with Crippen LogP contribution in [0.3, 0.4) is 0 Å². The normalized spacial score (nSPS) is 12.9. The van der Waals surface area contributed by atoms with Gasteiger partial charge in [-0.25, -0.2) is 4.79 Å². The Balaban J connectivity index is 1.83. The first kappa shape index (κ1) is 20.7. The zero-order valence-electron chi connectivity index (χ0n) is 15.4. The van der Waals surface area contributed by atoms with Crippen LogP contribution in [0, 0.1) is 0 Å². The van der Waals surface area contributed by atoms with Crippen LogP contribution in [0.25, 0.3) is 6.08 Å². The Morgan fingerprint density at radius 3 is 2.79 bits per heavy atom. The summed E-state index contributed by atoms with van der Waals surface area (Å²) in [4.78, 5) is 26.0. The Hall–Kier alpha value is -2.02. The van der Waals surface area contributed by atoms with Crippen LogP contribution < -0.4 is 10.1 Å². The fraction of sp³-hybridized carbons (Fsp3) is 0.300. The molecule has 0 atom stereocenters. The molecule has 1 aromatic carbocycles. The van der Waals surface area contributed by atoms with Gasteiger partial charge >= 0.3 is 5.97 Å². The minimum atomic E-state index is -0.399. The van der Waals surface area contributed by atoms with Crippen LogP contribution >= 0.6 is 34.5 Å². The standard InChI is InChI=1S/C20H19Cl2NO4S/c1-3-27-20(25)17-13-5-4-6-15(13)28-19(17)23-16(24)8-7-11-9-12(21)10-14(22)18(11)26-2/h7-10H,3-6H2,1-2H3,(H,23,24)/b8-7+. The summed E-state index contributed by atoms with van der Waals surface area (Å²) in [6.45, 7) is 2.04. The van der Waals surface area contributed by atoms with Gasteiger partial charge in [-0.15, -0.1) is 11.3 Å². The molecular formula is C20H19Cl2NO4S. The van der Waals surface area contributed by atoms with Crippen molar-refractivity contribution in [1.82, 2.24) is 0 Å². The predicted octanol–water partition coefficient (Wildman–Crippen LogP) is 5.38. The van der Waals surface area contributed by atoms with Gasteiger partial charge in [-0.1, -0.05) is 23.2 Å². The summed E-state index contributed by atoms with van der Waals surface area (Å²) in [6.07, 6.45) is 5.67. The van der Waals surface area contributed by atoms with Gasteiger partial charge in [0.25, 0.3) is 0 Å². The van der Waals surface area contributed by atoms with Crippen LogP contribution in [-0.2, 0) is 22.4 Å². The molecule has 1 aliphatic rings. The van der Waals surface area contributed by atoms with Gasteiger partial charge in [0.1, 0.15) is 10.8 Å². The van der Waals surface area contributed by atoms with E-state index in [1.807, 2.05) is 0 Å². The molecule has 28 heavy (non-hydrogen) atoms. The molecule has 0 saturated heterocycles. The number of rotatable bonds is 6. The molecule has 1 N–H and O–H groups in total.